The lowest BCUT2D eigenvalue weighted by molar-refractivity contribution is -0.139. The number of para-hydroxylation sites is 1. The number of rotatable bonds is 6. The maximum atomic E-state index is 11.5. The van der Waals surface area contributed by atoms with E-state index in [0.717, 1.165) is 5.56 Å². The van der Waals surface area contributed by atoms with Gasteiger partial charge in [0, 0.05) is 27.7 Å². The minimum atomic E-state index is -0.838. The van der Waals surface area contributed by atoms with Crippen LogP contribution in [0.15, 0.2) is 47.6 Å². The fourth-order valence-electron chi connectivity index (χ4n) is 1.96. The average molecular weight is 394 g/mol. The second kappa shape index (κ2) is 9.79. The summed E-state index contributed by atoms with van der Waals surface area (Å²) in [6, 6.07) is 12.3. The largest absolute Gasteiger partial charge is 0.488 e. The monoisotopic (exact) mass is 393 g/mol. The van der Waals surface area contributed by atoms with Crippen LogP contribution in [0, 0.1) is 0 Å². The van der Waals surface area contributed by atoms with E-state index in [1.54, 1.807) is 43.3 Å². The molecule has 0 atom stereocenters. The summed E-state index contributed by atoms with van der Waals surface area (Å²) in [6.07, 6.45) is 1.40. The summed E-state index contributed by atoms with van der Waals surface area (Å²) in [4.78, 5) is 22.8. The molecule has 2 rings (SSSR count). The van der Waals surface area contributed by atoms with E-state index in [4.69, 9.17) is 27.9 Å². The van der Waals surface area contributed by atoms with Crippen molar-refractivity contribution < 1.29 is 14.3 Å². The van der Waals surface area contributed by atoms with Gasteiger partial charge in [0.25, 0.3) is 0 Å². The molecule has 0 fully saturated rings. The molecule has 0 spiro atoms. The van der Waals surface area contributed by atoms with E-state index in [-0.39, 0.29) is 6.61 Å². The maximum absolute atomic E-state index is 11.5. The lowest BCUT2D eigenvalue weighted by atomic mass is 10.2. The van der Waals surface area contributed by atoms with Crippen LogP contribution in [0.5, 0.6) is 5.75 Å². The standard InChI is InChI=1S/C18H17Cl2N3O3/c1-2-21-17(24)18(25)23-22-10-12-5-3-4-6-16(12)26-11-13-7-8-14(19)9-15(13)20/h3-10H,2,11H2,1H3,(H,21,24)(H,23,25)/b22-10-. The Labute approximate surface area is 161 Å². The third-order valence-corrected chi connectivity index (χ3v) is 3.82. The van der Waals surface area contributed by atoms with Crippen molar-refractivity contribution in [1.82, 2.24) is 10.7 Å². The van der Waals surface area contributed by atoms with Crippen LogP contribution in [0.25, 0.3) is 0 Å². The highest BCUT2D eigenvalue weighted by Crippen LogP contribution is 2.23. The van der Waals surface area contributed by atoms with Gasteiger partial charge in [0.2, 0.25) is 0 Å². The molecule has 0 saturated heterocycles. The van der Waals surface area contributed by atoms with Gasteiger partial charge >= 0.3 is 11.8 Å². The summed E-state index contributed by atoms with van der Waals surface area (Å²) in [7, 11) is 0. The number of halogens is 2. The number of likely N-dealkylation sites (N-methyl/N-ethyl adjacent to an activating group) is 1. The number of carbonyl (C=O) groups excluding carboxylic acids is 2. The SMILES string of the molecule is CCNC(=O)C(=O)N/N=C\c1ccccc1OCc1ccc(Cl)cc1Cl. The van der Waals surface area contributed by atoms with Crippen LogP contribution in [0.3, 0.4) is 0 Å². The number of hydrogen-bond acceptors (Lipinski definition) is 4. The first kappa shape index (κ1) is 19.8. The molecule has 0 aliphatic rings. The van der Waals surface area contributed by atoms with Crippen molar-refractivity contribution in [3.8, 4) is 5.75 Å². The first-order valence-electron chi connectivity index (χ1n) is 7.78. The topological polar surface area (TPSA) is 79.8 Å². The Morgan fingerprint density at radius 1 is 1.15 bits per heavy atom. The van der Waals surface area contributed by atoms with Gasteiger partial charge in [0.15, 0.2) is 0 Å². The Hall–Kier alpha value is -2.57. The highest BCUT2D eigenvalue weighted by atomic mass is 35.5. The molecule has 0 heterocycles. The second-order valence-corrected chi connectivity index (χ2v) is 5.96. The summed E-state index contributed by atoms with van der Waals surface area (Å²) in [6.45, 7) is 2.32. The summed E-state index contributed by atoms with van der Waals surface area (Å²) < 4.78 is 5.78. The van der Waals surface area contributed by atoms with Gasteiger partial charge in [0.1, 0.15) is 12.4 Å². The molecule has 2 amide bonds. The van der Waals surface area contributed by atoms with E-state index in [9.17, 15) is 9.59 Å². The number of ether oxygens (including phenoxy) is 1. The maximum Gasteiger partial charge on any atom is 0.329 e. The van der Waals surface area contributed by atoms with Gasteiger partial charge < -0.3 is 10.1 Å². The quantitative estimate of drug-likeness (QED) is 0.449. The normalized spacial score (nSPS) is 10.6. The molecule has 26 heavy (non-hydrogen) atoms. The molecule has 6 nitrogen and oxygen atoms in total. The number of carbonyl (C=O) groups is 2. The highest BCUT2D eigenvalue weighted by Gasteiger charge is 2.10. The van der Waals surface area contributed by atoms with Gasteiger partial charge in [-0.3, -0.25) is 9.59 Å². The van der Waals surface area contributed by atoms with E-state index >= 15 is 0 Å². The molecule has 0 aromatic heterocycles. The number of amides is 2. The summed E-state index contributed by atoms with van der Waals surface area (Å²) in [5.74, 6) is -1.03. The van der Waals surface area contributed by atoms with Crippen molar-refractivity contribution in [2.75, 3.05) is 6.54 Å². The van der Waals surface area contributed by atoms with Crippen molar-refractivity contribution in [3.63, 3.8) is 0 Å². The molecule has 2 aromatic carbocycles. The zero-order chi connectivity index (χ0) is 18.9. The van der Waals surface area contributed by atoms with Crippen LogP contribution in [-0.2, 0) is 16.2 Å². The molecule has 0 saturated carbocycles. The third kappa shape index (κ3) is 5.75. The van der Waals surface area contributed by atoms with Crippen LogP contribution in [-0.4, -0.2) is 24.6 Å². The molecule has 136 valence electrons. The van der Waals surface area contributed by atoms with Gasteiger partial charge in [-0.15, -0.1) is 0 Å². The number of benzene rings is 2. The van der Waals surface area contributed by atoms with Crippen LogP contribution in [0.1, 0.15) is 18.1 Å². The summed E-state index contributed by atoms with van der Waals surface area (Å²) in [5.41, 5.74) is 3.58. The number of nitrogens with zero attached hydrogens (tertiary/aromatic N) is 1. The third-order valence-electron chi connectivity index (χ3n) is 3.23. The van der Waals surface area contributed by atoms with E-state index in [2.05, 4.69) is 15.8 Å². The second-order valence-electron chi connectivity index (χ2n) is 5.12. The zero-order valence-corrected chi connectivity index (χ0v) is 15.5. The number of hydrogen-bond donors (Lipinski definition) is 2. The van der Waals surface area contributed by atoms with Gasteiger partial charge in [-0.2, -0.15) is 5.10 Å². The van der Waals surface area contributed by atoms with Crippen molar-refractivity contribution in [2.24, 2.45) is 5.10 Å². The van der Waals surface area contributed by atoms with Gasteiger partial charge in [-0.1, -0.05) is 41.4 Å². The van der Waals surface area contributed by atoms with Crippen LogP contribution < -0.4 is 15.5 Å². The Kier molecular flexibility index (Phi) is 7.44. The molecule has 0 bridgehead atoms. The molecule has 0 aliphatic heterocycles. The van der Waals surface area contributed by atoms with Crippen molar-refractivity contribution in [3.05, 3.63) is 63.6 Å². The first-order valence-corrected chi connectivity index (χ1v) is 8.54. The fraction of sp³-hybridized carbons (Fsp3) is 0.167. The molecule has 2 N–H and O–H groups in total. The predicted octanol–water partition coefficient (Wildman–Crippen LogP) is 3.16. The minimum absolute atomic E-state index is 0.242. The Morgan fingerprint density at radius 2 is 1.92 bits per heavy atom. The number of nitrogens with one attached hydrogen (secondary N) is 2. The summed E-state index contributed by atoms with van der Waals surface area (Å²) in [5, 5.41) is 7.22. The fourth-order valence-corrected chi connectivity index (χ4v) is 2.43. The Morgan fingerprint density at radius 3 is 2.65 bits per heavy atom. The lowest BCUT2D eigenvalue weighted by Crippen LogP contribution is -2.37. The van der Waals surface area contributed by atoms with E-state index in [1.165, 1.54) is 6.21 Å². The smallest absolute Gasteiger partial charge is 0.329 e. The molecule has 0 aliphatic carbocycles. The van der Waals surface area contributed by atoms with Gasteiger partial charge in [-0.25, -0.2) is 5.43 Å². The van der Waals surface area contributed by atoms with Gasteiger partial charge in [-0.05, 0) is 31.2 Å². The number of hydrazone groups is 1. The van der Waals surface area contributed by atoms with Crippen LogP contribution >= 0.6 is 23.2 Å². The Bertz CT molecular complexity index is 825. The average Bonchev–Trinajstić information content (AvgIpc) is 2.62. The molecular weight excluding hydrogens is 377 g/mol. The van der Waals surface area contributed by atoms with Gasteiger partial charge in [0.05, 0.1) is 6.21 Å². The first-order chi connectivity index (χ1) is 12.5. The van der Waals surface area contributed by atoms with Crippen LogP contribution in [0.2, 0.25) is 10.0 Å². The predicted molar refractivity (Wildman–Crippen MR) is 102 cm³/mol. The molecule has 2 aromatic rings. The minimum Gasteiger partial charge on any atom is -0.488 e. The Balaban J connectivity index is 2.02. The van der Waals surface area contributed by atoms with E-state index < -0.39 is 11.8 Å². The van der Waals surface area contributed by atoms with Crippen LogP contribution in [0.4, 0.5) is 0 Å². The van der Waals surface area contributed by atoms with E-state index in [0.29, 0.717) is 27.9 Å². The molecule has 0 radical (unpaired) electrons. The van der Waals surface area contributed by atoms with Crippen molar-refractivity contribution >= 4 is 41.2 Å². The molecule has 0 unspecified atom stereocenters. The molecule has 8 heteroatoms. The molecular formula is C18H17Cl2N3O3. The van der Waals surface area contributed by atoms with Crippen molar-refractivity contribution in [1.29, 1.82) is 0 Å². The zero-order valence-electron chi connectivity index (χ0n) is 14.0. The lowest BCUT2D eigenvalue weighted by Gasteiger charge is -2.10. The summed E-state index contributed by atoms with van der Waals surface area (Å²) >= 11 is 12.0. The van der Waals surface area contributed by atoms with Crippen molar-refractivity contribution in [2.45, 2.75) is 13.5 Å². The highest BCUT2D eigenvalue weighted by molar-refractivity contribution is 6.35. The van der Waals surface area contributed by atoms with E-state index in [1.807, 2.05) is 6.07 Å².